The summed E-state index contributed by atoms with van der Waals surface area (Å²) in [4.78, 5) is 14.0. The Morgan fingerprint density at radius 3 is 2.46 bits per heavy atom. The number of nitrogens with one attached hydrogen (secondary N) is 3. The van der Waals surface area contributed by atoms with Gasteiger partial charge in [-0.1, -0.05) is 6.58 Å². The lowest BCUT2D eigenvalue weighted by atomic mass is 9.92. The van der Waals surface area contributed by atoms with E-state index in [-0.39, 0.29) is 5.56 Å². The average Bonchev–Trinajstić information content (AvgIpc) is 2.94. The van der Waals surface area contributed by atoms with Crippen LogP contribution in [0.5, 0.6) is 0 Å². The number of anilines is 1. The van der Waals surface area contributed by atoms with E-state index in [1.807, 2.05) is 26.0 Å². The van der Waals surface area contributed by atoms with Gasteiger partial charge in [-0.3, -0.25) is 4.79 Å². The fourth-order valence-corrected chi connectivity index (χ4v) is 4.04. The highest BCUT2D eigenvalue weighted by Gasteiger charge is 2.22. The van der Waals surface area contributed by atoms with Gasteiger partial charge in [0.2, 0.25) is 6.41 Å². The zero-order valence-electron chi connectivity index (χ0n) is 24.1. The number of ether oxygens (including phenoxy) is 1. The standard InChI is InChI=1S/C14H17F2N3.C11H20N2O2.C2H7N.CH4O/c1-19-4-2-3-9-5-11(10(7-17)8-18)12(14(15)16)6-13(9)19;1-10(3-6-13(2)9-14)12-11-4-7-15-8-5-11;1-3-2;1-2/h5-8,14,17H,2-4,18H2,1H3;9,11-12H,1,3-8H2,2H3;3H,1-2H3;2H,1H3/b10-8+,17-7?;;;. The Hall–Kier alpha value is -3.02. The molecule has 0 bridgehead atoms. The third-order valence-corrected chi connectivity index (χ3v) is 6.06. The fourth-order valence-electron chi connectivity index (χ4n) is 4.04. The average molecular weight is 555 g/mol. The molecule has 39 heavy (non-hydrogen) atoms. The van der Waals surface area contributed by atoms with Gasteiger partial charge in [-0.25, -0.2) is 8.78 Å². The van der Waals surface area contributed by atoms with Crippen molar-refractivity contribution in [2.45, 2.75) is 44.6 Å². The number of hydrogen-bond donors (Lipinski definition) is 5. The molecule has 1 fully saturated rings. The number of allylic oxidation sites excluding steroid dienone is 1. The summed E-state index contributed by atoms with van der Waals surface area (Å²) in [7, 11) is 8.43. The summed E-state index contributed by atoms with van der Waals surface area (Å²) >= 11 is 0. The molecule has 2 aliphatic heterocycles. The Bertz CT molecular complexity index is 892. The van der Waals surface area contributed by atoms with Gasteiger partial charge >= 0.3 is 0 Å². The van der Waals surface area contributed by atoms with Gasteiger partial charge in [0, 0.05) is 94.9 Å². The van der Waals surface area contributed by atoms with Crippen molar-refractivity contribution in [2.24, 2.45) is 5.73 Å². The first-order valence-electron chi connectivity index (χ1n) is 13.0. The van der Waals surface area contributed by atoms with E-state index < -0.39 is 6.43 Å². The number of fused-ring (bicyclic) bond motifs is 1. The lowest BCUT2D eigenvalue weighted by molar-refractivity contribution is -0.116. The van der Waals surface area contributed by atoms with E-state index in [1.54, 1.807) is 18.0 Å². The van der Waals surface area contributed by atoms with Crippen molar-refractivity contribution >= 4 is 23.9 Å². The smallest absolute Gasteiger partial charge is 0.264 e. The molecule has 0 unspecified atom stereocenters. The summed E-state index contributed by atoms with van der Waals surface area (Å²) in [5.41, 5.74) is 8.94. The Balaban J connectivity index is 0.000000649. The number of rotatable bonds is 9. The summed E-state index contributed by atoms with van der Waals surface area (Å²) in [6.07, 6.45) is 5.24. The molecule has 2 aliphatic rings. The number of carbonyl (C=O) groups excluding carboxylic acids is 1. The number of amides is 1. The summed E-state index contributed by atoms with van der Waals surface area (Å²) < 4.78 is 31.7. The number of nitrogens with two attached hydrogens (primary N) is 1. The highest BCUT2D eigenvalue weighted by Crippen LogP contribution is 2.36. The van der Waals surface area contributed by atoms with Gasteiger partial charge in [0.1, 0.15) is 0 Å². The molecule has 6 N–H and O–H groups in total. The maximum Gasteiger partial charge on any atom is 0.264 e. The van der Waals surface area contributed by atoms with Crippen molar-refractivity contribution in [3.8, 4) is 0 Å². The van der Waals surface area contributed by atoms with Crippen molar-refractivity contribution in [1.82, 2.24) is 15.5 Å². The van der Waals surface area contributed by atoms with Crippen molar-refractivity contribution in [2.75, 3.05) is 66.5 Å². The van der Waals surface area contributed by atoms with Gasteiger partial charge in [-0.05, 0) is 63.0 Å². The van der Waals surface area contributed by atoms with Crippen LogP contribution in [0, 0.1) is 5.41 Å². The second-order valence-electron chi connectivity index (χ2n) is 9.13. The molecule has 222 valence electrons. The Morgan fingerprint density at radius 2 is 1.95 bits per heavy atom. The van der Waals surface area contributed by atoms with E-state index in [4.69, 9.17) is 21.0 Å². The number of alkyl halides is 2. The number of nitrogens with zero attached hydrogens (tertiary/aromatic N) is 2. The van der Waals surface area contributed by atoms with Gasteiger partial charge < -0.3 is 41.4 Å². The van der Waals surface area contributed by atoms with Crippen LogP contribution in [0.3, 0.4) is 0 Å². The van der Waals surface area contributed by atoms with E-state index in [1.165, 1.54) is 12.3 Å². The molecular weight excluding hydrogens is 506 g/mol. The molecule has 0 aromatic heterocycles. The van der Waals surface area contributed by atoms with Gasteiger partial charge in [-0.15, -0.1) is 0 Å². The molecule has 9 nitrogen and oxygen atoms in total. The number of carbonyl (C=O) groups is 1. The quantitative estimate of drug-likeness (QED) is 0.234. The number of benzene rings is 1. The molecule has 1 saturated heterocycles. The van der Waals surface area contributed by atoms with Crippen LogP contribution in [-0.2, 0) is 16.0 Å². The summed E-state index contributed by atoms with van der Waals surface area (Å²) in [6, 6.07) is 3.77. The first kappa shape index (κ1) is 36.0. The van der Waals surface area contributed by atoms with Crippen LogP contribution in [-0.4, -0.2) is 90.3 Å². The van der Waals surface area contributed by atoms with E-state index in [0.717, 1.165) is 95.1 Å². The highest BCUT2D eigenvalue weighted by molar-refractivity contribution is 6.09. The monoisotopic (exact) mass is 554 g/mol. The predicted molar refractivity (Wildman–Crippen MR) is 156 cm³/mol. The number of aliphatic hydroxyl groups is 1. The minimum absolute atomic E-state index is 0.0623. The van der Waals surface area contributed by atoms with E-state index in [0.29, 0.717) is 17.2 Å². The normalized spacial score (nSPS) is 14.8. The minimum Gasteiger partial charge on any atom is -0.404 e. The second-order valence-corrected chi connectivity index (χ2v) is 9.13. The summed E-state index contributed by atoms with van der Waals surface area (Å²) in [5, 5.41) is 20.4. The molecule has 1 aromatic rings. The van der Waals surface area contributed by atoms with Crippen LogP contribution in [0.4, 0.5) is 14.5 Å². The maximum atomic E-state index is 13.2. The highest BCUT2D eigenvalue weighted by atomic mass is 19.3. The summed E-state index contributed by atoms with van der Waals surface area (Å²) in [6.45, 7) is 7.22. The zero-order chi connectivity index (χ0) is 29.8. The van der Waals surface area contributed by atoms with Crippen molar-refractivity contribution < 1.29 is 23.4 Å². The fraction of sp³-hybridized carbons (Fsp3) is 0.571. The molecule has 0 aliphatic carbocycles. The predicted octanol–water partition coefficient (Wildman–Crippen LogP) is 3.15. The van der Waals surface area contributed by atoms with Gasteiger partial charge in [0.15, 0.2) is 0 Å². The zero-order valence-corrected chi connectivity index (χ0v) is 24.1. The van der Waals surface area contributed by atoms with Crippen molar-refractivity contribution in [1.29, 1.82) is 5.41 Å². The van der Waals surface area contributed by atoms with Gasteiger partial charge in [0.05, 0.1) is 0 Å². The third kappa shape index (κ3) is 13.1. The second kappa shape index (κ2) is 20.9. The molecule has 0 spiro atoms. The minimum atomic E-state index is -2.58. The van der Waals surface area contributed by atoms with E-state index in [2.05, 4.69) is 17.2 Å². The maximum absolute atomic E-state index is 13.2. The van der Waals surface area contributed by atoms with Crippen molar-refractivity contribution in [3.05, 3.63) is 47.3 Å². The molecule has 1 aromatic carbocycles. The Kier molecular flexibility index (Phi) is 19.3. The van der Waals surface area contributed by atoms with Gasteiger partial charge in [0.25, 0.3) is 6.43 Å². The number of halogens is 2. The lowest BCUT2D eigenvalue weighted by Gasteiger charge is -2.29. The van der Waals surface area contributed by atoms with Crippen molar-refractivity contribution in [3.63, 3.8) is 0 Å². The molecule has 0 atom stereocenters. The van der Waals surface area contributed by atoms with Crippen LogP contribution in [0.1, 0.15) is 48.8 Å². The molecule has 0 radical (unpaired) electrons. The van der Waals surface area contributed by atoms with E-state index in [9.17, 15) is 13.6 Å². The van der Waals surface area contributed by atoms with Crippen LogP contribution in [0.2, 0.25) is 0 Å². The first-order chi connectivity index (χ1) is 18.7. The first-order valence-corrected chi connectivity index (χ1v) is 13.0. The van der Waals surface area contributed by atoms with E-state index >= 15 is 0 Å². The molecular formula is C28H48F2N6O3. The molecule has 2 heterocycles. The topological polar surface area (TPSA) is 127 Å². The Morgan fingerprint density at radius 1 is 1.33 bits per heavy atom. The van der Waals surface area contributed by atoms with Crippen LogP contribution in [0.25, 0.3) is 5.57 Å². The third-order valence-electron chi connectivity index (χ3n) is 6.06. The number of aryl methyl sites for hydroxylation is 1. The molecule has 11 heteroatoms. The van der Waals surface area contributed by atoms with Gasteiger partial charge in [-0.2, -0.15) is 0 Å². The molecule has 1 amide bonds. The van der Waals surface area contributed by atoms with Crippen LogP contribution in [0.15, 0.2) is 30.6 Å². The Labute approximate surface area is 232 Å². The SMILES string of the molecule is C=C(CCN(C)C=O)NC1CCOCC1.CN1CCCc2cc(/C(C=N)=C/N)c(C(F)F)cc21.CNC.CO. The largest absolute Gasteiger partial charge is 0.404 e. The lowest BCUT2D eigenvalue weighted by Crippen LogP contribution is -2.34. The number of aliphatic hydroxyl groups excluding tert-OH is 1. The molecule has 3 rings (SSSR count). The number of hydrogen-bond acceptors (Lipinski definition) is 8. The summed E-state index contributed by atoms with van der Waals surface area (Å²) in [5.74, 6) is 0. The van der Waals surface area contributed by atoms with Crippen LogP contribution < -0.4 is 21.3 Å². The molecule has 0 saturated carbocycles. The van der Waals surface area contributed by atoms with Crippen LogP contribution >= 0.6 is 0 Å².